The molecule has 0 spiro atoms. The van der Waals surface area contributed by atoms with Crippen molar-refractivity contribution >= 4 is 46.1 Å². The molecule has 2 aromatic heterocycles. The van der Waals surface area contributed by atoms with E-state index in [9.17, 15) is 14.4 Å². The van der Waals surface area contributed by atoms with Gasteiger partial charge in [0.05, 0.1) is 5.52 Å². The van der Waals surface area contributed by atoms with E-state index in [1.807, 2.05) is 25.1 Å². The third-order valence-electron chi connectivity index (χ3n) is 6.09. The Balaban J connectivity index is 1.29. The van der Waals surface area contributed by atoms with Gasteiger partial charge in [0.15, 0.2) is 5.65 Å². The van der Waals surface area contributed by atoms with Gasteiger partial charge in [0, 0.05) is 63.8 Å². The zero-order chi connectivity index (χ0) is 23.7. The normalized spacial score (nSPS) is 14.1. The van der Waals surface area contributed by atoms with Crippen molar-refractivity contribution < 1.29 is 9.59 Å². The van der Waals surface area contributed by atoms with E-state index in [1.54, 1.807) is 31.1 Å². The standard InChI is InChI=1S/C23H27ClN6O3/c1-15-4-5-16(24)14-18(15)29-10-12-30(13-11-29)21(32)9-8-20(31)25-19-7-6-17-22(26-19)28(3)23(33)27(17)2/h4-7,14H,8-13H2,1-3H3,(H,25,26,31). The van der Waals surface area contributed by atoms with Gasteiger partial charge < -0.3 is 15.1 Å². The van der Waals surface area contributed by atoms with Gasteiger partial charge in [-0.2, -0.15) is 0 Å². The molecule has 1 aliphatic heterocycles. The number of aromatic nitrogens is 3. The number of carbonyl (C=O) groups is 2. The van der Waals surface area contributed by atoms with Gasteiger partial charge in [-0.25, -0.2) is 9.78 Å². The van der Waals surface area contributed by atoms with Gasteiger partial charge in [-0.3, -0.25) is 18.7 Å². The van der Waals surface area contributed by atoms with Crippen LogP contribution in [0.1, 0.15) is 18.4 Å². The number of rotatable bonds is 5. The number of aryl methyl sites for hydroxylation is 3. The van der Waals surface area contributed by atoms with Crippen LogP contribution in [0.5, 0.6) is 0 Å². The molecule has 9 nitrogen and oxygen atoms in total. The molecule has 1 fully saturated rings. The van der Waals surface area contributed by atoms with E-state index in [4.69, 9.17) is 11.6 Å². The number of nitrogens with zero attached hydrogens (tertiary/aromatic N) is 5. The Kier molecular flexibility index (Phi) is 6.42. The van der Waals surface area contributed by atoms with Gasteiger partial charge in [-0.1, -0.05) is 17.7 Å². The number of halogens is 1. The van der Waals surface area contributed by atoms with Gasteiger partial charge in [0.2, 0.25) is 11.8 Å². The van der Waals surface area contributed by atoms with Gasteiger partial charge in [0.25, 0.3) is 0 Å². The van der Waals surface area contributed by atoms with Gasteiger partial charge >= 0.3 is 5.69 Å². The second kappa shape index (κ2) is 9.27. The number of amides is 2. The number of piperazine rings is 1. The molecule has 0 atom stereocenters. The van der Waals surface area contributed by atoms with Crippen molar-refractivity contribution in [2.75, 3.05) is 36.4 Å². The van der Waals surface area contributed by atoms with Crippen molar-refractivity contribution in [1.82, 2.24) is 19.0 Å². The lowest BCUT2D eigenvalue weighted by Crippen LogP contribution is -2.49. The molecule has 174 valence electrons. The predicted molar refractivity (Wildman–Crippen MR) is 129 cm³/mol. The molecular formula is C23H27ClN6O3. The Bertz CT molecular complexity index is 1270. The van der Waals surface area contributed by atoms with Crippen LogP contribution in [0.2, 0.25) is 5.02 Å². The third-order valence-corrected chi connectivity index (χ3v) is 6.32. The summed E-state index contributed by atoms with van der Waals surface area (Å²) < 4.78 is 2.93. The fourth-order valence-corrected chi connectivity index (χ4v) is 4.31. The number of fused-ring (bicyclic) bond motifs is 1. The van der Waals surface area contributed by atoms with Crippen LogP contribution in [0.4, 0.5) is 11.5 Å². The summed E-state index contributed by atoms with van der Waals surface area (Å²) in [6.07, 6.45) is 0.202. The quantitative estimate of drug-likeness (QED) is 0.617. The highest BCUT2D eigenvalue weighted by molar-refractivity contribution is 6.30. The van der Waals surface area contributed by atoms with E-state index >= 15 is 0 Å². The zero-order valence-electron chi connectivity index (χ0n) is 19.0. The van der Waals surface area contributed by atoms with Gasteiger partial charge in [0.1, 0.15) is 5.82 Å². The SMILES string of the molecule is Cc1ccc(Cl)cc1N1CCN(C(=O)CCC(=O)Nc2ccc3c(n2)n(C)c(=O)n3C)CC1. The minimum Gasteiger partial charge on any atom is -0.368 e. The van der Waals surface area contributed by atoms with Crippen LogP contribution >= 0.6 is 11.6 Å². The molecule has 0 bridgehead atoms. The average Bonchev–Trinajstić information content (AvgIpc) is 3.03. The summed E-state index contributed by atoms with van der Waals surface area (Å²) in [5.74, 6) is 0.0254. The Morgan fingerprint density at radius 2 is 1.76 bits per heavy atom. The maximum absolute atomic E-state index is 12.6. The molecule has 4 rings (SSSR count). The number of pyridine rings is 1. The molecule has 3 heterocycles. The third kappa shape index (κ3) is 4.73. The summed E-state index contributed by atoms with van der Waals surface area (Å²) in [5, 5.41) is 3.42. The Morgan fingerprint density at radius 3 is 2.48 bits per heavy atom. The number of hydrogen-bond donors (Lipinski definition) is 1. The molecule has 1 aliphatic rings. The first kappa shape index (κ1) is 22.8. The van der Waals surface area contributed by atoms with Crippen LogP contribution < -0.4 is 15.9 Å². The molecule has 10 heteroatoms. The van der Waals surface area contributed by atoms with Crippen LogP contribution in [-0.2, 0) is 23.7 Å². The van der Waals surface area contributed by atoms with Crippen LogP contribution in [0.25, 0.3) is 11.2 Å². The van der Waals surface area contributed by atoms with E-state index in [0.717, 1.165) is 24.3 Å². The molecule has 0 saturated carbocycles. The maximum Gasteiger partial charge on any atom is 0.329 e. The number of carbonyl (C=O) groups excluding carboxylic acids is 2. The van der Waals surface area contributed by atoms with E-state index in [2.05, 4.69) is 15.2 Å². The molecule has 0 radical (unpaired) electrons. The summed E-state index contributed by atoms with van der Waals surface area (Å²) in [4.78, 5) is 45.4. The second-order valence-corrected chi connectivity index (χ2v) is 8.72. The van der Waals surface area contributed by atoms with E-state index < -0.39 is 0 Å². The van der Waals surface area contributed by atoms with Crippen LogP contribution in [0.3, 0.4) is 0 Å². The van der Waals surface area contributed by atoms with Crippen LogP contribution in [0.15, 0.2) is 35.1 Å². The van der Waals surface area contributed by atoms with Gasteiger partial charge in [-0.05, 0) is 36.8 Å². The van der Waals surface area contributed by atoms with Crippen molar-refractivity contribution in [3.63, 3.8) is 0 Å². The lowest BCUT2D eigenvalue weighted by Gasteiger charge is -2.37. The van der Waals surface area contributed by atoms with E-state index in [1.165, 1.54) is 9.13 Å². The lowest BCUT2D eigenvalue weighted by atomic mass is 10.1. The van der Waals surface area contributed by atoms with Crippen molar-refractivity contribution in [2.24, 2.45) is 14.1 Å². The molecule has 0 unspecified atom stereocenters. The van der Waals surface area contributed by atoms with Crippen LogP contribution in [0, 0.1) is 6.92 Å². The summed E-state index contributed by atoms with van der Waals surface area (Å²) in [6, 6.07) is 9.22. The number of anilines is 2. The number of imidazole rings is 1. The molecule has 1 N–H and O–H groups in total. The largest absolute Gasteiger partial charge is 0.368 e. The van der Waals surface area contributed by atoms with E-state index in [0.29, 0.717) is 35.1 Å². The maximum atomic E-state index is 12.6. The smallest absolute Gasteiger partial charge is 0.329 e. The molecule has 1 aromatic carbocycles. The number of nitrogens with one attached hydrogen (secondary N) is 1. The minimum absolute atomic E-state index is 0.0403. The Morgan fingerprint density at radius 1 is 1.03 bits per heavy atom. The molecule has 3 aromatic rings. The molecule has 0 aliphatic carbocycles. The van der Waals surface area contributed by atoms with E-state index in [-0.39, 0.29) is 30.3 Å². The first-order valence-corrected chi connectivity index (χ1v) is 11.2. The topological polar surface area (TPSA) is 92.5 Å². The fourth-order valence-electron chi connectivity index (χ4n) is 4.14. The van der Waals surface area contributed by atoms with Crippen molar-refractivity contribution in [1.29, 1.82) is 0 Å². The van der Waals surface area contributed by atoms with Gasteiger partial charge in [-0.15, -0.1) is 0 Å². The highest BCUT2D eigenvalue weighted by atomic mass is 35.5. The molecule has 33 heavy (non-hydrogen) atoms. The summed E-state index contributed by atoms with van der Waals surface area (Å²) in [5.41, 5.74) is 3.23. The minimum atomic E-state index is -0.288. The monoisotopic (exact) mass is 470 g/mol. The first-order valence-electron chi connectivity index (χ1n) is 10.9. The number of benzene rings is 1. The zero-order valence-corrected chi connectivity index (χ0v) is 19.7. The molecular weight excluding hydrogens is 444 g/mol. The Hall–Kier alpha value is -3.33. The Labute approximate surface area is 196 Å². The summed E-state index contributed by atoms with van der Waals surface area (Å²) in [6.45, 7) is 4.70. The van der Waals surface area contributed by atoms with Crippen LogP contribution in [-0.4, -0.2) is 57.0 Å². The highest BCUT2D eigenvalue weighted by Gasteiger charge is 2.23. The molecule has 1 saturated heterocycles. The van der Waals surface area contributed by atoms with Crippen molar-refractivity contribution in [3.8, 4) is 0 Å². The van der Waals surface area contributed by atoms with Crippen molar-refractivity contribution in [3.05, 3.63) is 51.4 Å². The summed E-state index contributed by atoms with van der Waals surface area (Å²) >= 11 is 6.14. The number of hydrogen-bond acceptors (Lipinski definition) is 5. The first-order chi connectivity index (χ1) is 15.7. The van der Waals surface area contributed by atoms with Crippen molar-refractivity contribution in [2.45, 2.75) is 19.8 Å². The summed E-state index contributed by atoms with van der Waals surface area (Å²) in [7, 11) is 3.31. The highest BCUT2D eigenvalue weighted by Crippen LogP contribution is 2.25. The second-order valence-electron chi connectivity index (χ2n) is 8.29. The molecule has 2 amide bonds. The average molecular weight is 471 g/mol. The lowest BCUT2D eigenvalue weighted by molar-refractivity contribution is -0.133. The fraction of sp³-hybridized carbons (Fsp3) is 0.391. The predicted octanol–water partition coefficient (Wildman–Crippen LogP) is 2.30.